The van der Waals surface area contributed by atoms with Crippen LogP contribution in [0.1, 0.15) is 11.5 Å². The van der Waals surface area contributed by atoms with Crippen LogP contribution in [0, 0.1) is 0 Å². The summed E-state index contributed by atoms with van der Waals surface area (Å²) in [5.41, 5.74) is 1.05. The van der Waals surface area contributed by atoms with Crippen molar-refractivity contribution in [2.75, 3.05) is 25.6 Å². The monoisotopic (exact) mass is 292 g/mol. The van der Waals surface area contributed by atoms with Crippen LogP contribution in [0.25, 0.3) is 0 Å². The molecule has 0 aliphatic carbocycles. The van der Waals surface area contributed by atoms with Crippen LogP contribution in [0.3, 0.4) is 0 Å². The van der Waals surface area contributed by atoms with Gasteiger partial charge in [-0.15, -0.1) is 0 Å². The van der Waals surface area contributed by atoms with Crippen molar-refractivity contribution in [2.24, 2.45) is 0 Å². The number of pyridine rings is 1. The SMILES string of the molecule is COCc1nc(Cl)cc(N(C)CCc2ccccn2)n1. The Morgan fingerprint density at radius 3 is 2.85 bits per heavy atom. The first kappa shape index (κ1) is 14.7. The molecule has 0 radical (unpaired) electrons. The maximum atomic E-state index is 6.00. The molecule has 2 rings (SSSR count). The summed E-state index contributed by atoms with van der Waals surface area (Å²) >= 11 is 6.00. The third-order valence-corrected chi connectivity index (χ3v) is 3.02. The quantitative estimate of drug-likeness (QED) is 0.765. The first-order valence-electron chi connectivity index (χ1n) is 6.32. The van der Waals surface area contributed by atoms with Crippen LogP contribution in [0.4, 0.5) is 5.82 Å². The minimum absolute atomic E-state index is 0.349. The molecule has 20 heavy (non-hydrogen) atoms. The van der Waals surface area contributed by atoms with Gasteiger partial charge in [-0.05, 0) is 12.1 Å². The van der Waals surface area contributed by atoms with Gasteiger partial charge in [0, 0.05) is 45.1 Å². The third kappa shape index (κ3) is 4.15. The molecule has 0 aromatic carbocycles. The highest BCUT2D eigenvalue weighted by molar-refractivity contribution is 6.29. The molecule has 6 heteroatoms. The van der Waals surface area contributed by atoms with Gasteiger partial charge in [0.2, 0.25) is 0 Å². The molecule has 2 aromatic rings. The minimum Gasteiger partial charge on any atom is -0.377 e. The van der Waals surface area contributed by atoms with Crippen molar-refractivity contribution in [1.29, 1.82) is 0 Å². The molecular weight excluding hydrogens is 276 g/mol. The average Bonchev–Trinajstić information content (AvgIpc) is 2.45. The topological polar surface area (TPSA) is 51.1 Å². The first-order chi connectivity index (χ1) is 9.69. The number of rotatable bonds is 6. The van der Waals surface area contributed by atoms with Gasteiger partial charge in [0.15, 0.2) is 5.82 Å². The maximum Gasteiger partial charge on any atom is 0.158 e. The fourth-order valence-corrected chi connectivity index (χ4v) is 1.98. The zero-order valence-electron chi connectivity index (χ0n) is 11.6. The fraction of sp³-hybridized carbons (Fsp3) is 0.357. The maximum absolute atomic E-state index is 6.00. The van der Waals surface area contributed by atoms with Gasteiger partial charge in [0.25, 0.3) is 0 Å². The van der Waals surface area contributed by atoms with Gasteiger partial charge in [0.05, 0.1) is 0 Å². The van der Waals surface area contributed by atoms with Crippen molar-refractivity contribution >= 4 is 17.4 Å². The van der Waals surface area contributed by atoms with E-state index in [2.05, 4.69) is 15.0 Å². The van der Waals surface area contributed by atoms with Crippen molar-refractivity contribution in [3.05, 3.63) is 47.1 Å². The number of nitrogens with zero attached hydrogens (tertiary/aromatic N) is 4. The number of likely N-dealkylation sites (N-methyl/N-ethyl adjacent to an activating group) is 1. The Balaban J connectivity index is 2.03. The summed E-state index contributed by atoms with van der Waals surface area (Å²) in [6.45, 7) is 1.15. The van der Waals surface area contributed by atoms with Crippen LogP contribution in [-0.2, 0) is 17.8 Å². The number of methoxy groups -OCH3 is 1. The number of hydrogen-bond donors (Lipinski definition) is 0. The lowest BCUT2D eigenvalue weighted by Gasteiger charge is -2.18. The molecule has 0 aliphatic heterocycles. The highest BCUT2D eigenvalue weighted by Crippen LogP contribution is 2.15. The van der Waals surface area contributed by atoms with Gasteiger partial charge in [-0.25, -0.2) is 9.97 Å². The summed E-state index contributed by atoms with van der Waals surface area (Å²) in [4.78, 5) is 14.9. The Labute approximate surface area is 123 Å². The second kappa shape index (κ2) is 7.17. The van der Waals surface area contributed by atoms with E-state index in [0.29, 0.717) is 17.6 Å². The minimum atomic E-state index is 0.349. The molecule has 0 unspecified atom stereocenters. The van der Waals surface area contributed by atoms with E-state index in [4.69, 9.17) is 16.3 Å². The first-order valence-corrected chi connectivity index (χ1v) is 6.70. The van der Waals surface area contributed by atoms with E-state index >= 15 is 0 Å². The highest BCUT2D eigenvalue weighted by atomic mass is 35.5. The molecule has 2 heterocycles. The van der Waals surface area contributed by atoms with Gasteiger partial charge in [0.1, 0.15) is 17.6 Å². The molecule has 0 spiro atoms. The molecule has 0 bridgehead atoms. The second-order valence-electron chi connectivity index (χ2n) is 4.39. The van der Waals surface area contributed by atoms with Crippen LogP contribution >= 0.6 is 11.6 Å². The van der Waals surface area contributed by atoms with Crippen molar-refractivity contribution in [1.82, 2.24) is 15.0 Å². The zero-order chi connectivity index (χ0) is 14.4. The second-order valence-corrected chi connectivity index (χ2v) is 4.78. The number of anilines is 1. The van der Waals surface area contributed by atoms with E-state index in [1.165, 1.54) is 0 Å². The lowest BCUT2D eigenvalue weighted by molar-refractivity contribution is 0.178. The summed E-state index contributed by atoms with van der Waals surface area (Å²) in [7, 11) is 3.58. The van der Waals surface area contributed by atoms with Gasteiger partial charge in [-0.1, -0.05) is 17.7 Å². The fourth-order valence-electron chi connectivity index (χ4n) is 1.78. The molecular formula is C14H17ClN4O. The Kier molecular flexibility index (Phi) is 5.26. The van der Waals surface area contributed by atoms with E-state index in [0.717, 1.165) is 24.5 Å². The predicted octanol–water partition coefficient (Wildman–Crippen LogP) is 2.35. The largest absolute Gasteiger partial charge is 0.377 e. The molecule has 2 aromatic heterocycles. The average molecular weight is 293 g/mol. The van der Waals surface area contributed by atoms with E-state index in [9.17, 15) is 0 Å². The molecule has 0 fully saturated rings. The van der Waals surface area contributed by atoms with E-state index in [-0.39, 0.29) is 0 Å². The molecule has 0 amide bonds. The summed E-state index contributed by atoms with van der Waals surface area (Å²) < 4.78 is 5.03. The molecule has 0 N–H and O–H groups in total. The number of aromatic nitrogens is 3. The summed E-state index contributed by atoms with van der Waals surface area (Å²) in [5, 5.41) is 0.423. The number of hydrogen-bond acceptors (Lipinski definition) is 5. The molecule has 5 nitrogen and oxygen atoms in total. The third-order valence-electron chi connectivity index (χ3n) is 2.82. The molecule has 0 saturated heterocycles. The summed E-state index contributed by atoms with van der Waals surface area (Å²) in [6, 6.07) is 7.66. The highest BCUT2D eigenvalue weighted by Gasteiger charge is 2.08. The lowest BCUT2D eigenvalue weighted by atomic mass is 10.2. The van der Waals surface area contributed by atoms with Crippen LogP contribution in [0.5, 0.6) is 0 Å². The Bertz CT molecular complexity index is 550. The van der Waals surface area contributed by atoms with Crippen LogP contribution in [-0.4, -0.2) is 35.7 Å². The predicted molar refractivity (Wildman–Crippen MR) is 79.0 cm³/mol. The van der Waals surface area contributed by atoms with Crippen molar-refractivity contribution < 1.29 is 4.74 Å². The molecule has 0 atom stereocenters. The molecule has 0 saturated carbocycles. The van der Waals surface area contributed by atoms with E-state index in [1.54, 1.807) is 19.4 Å². The normalized spacial score (nSPS) is 10.6. The molecule has 0 aliphatic rings. The smallest absolute Gasteiger partial charge is 0.158 e. The van der Waals surface area contributed by atoms with Crippen LogP contribution < -0.4 is 4.90 Å². The van der Waals surface area contributed by atoms with Crippen molar-refractivity contribution in [2.45, 2.75) is 13.0 Å². The summed E-state index contributed by atoms with van der Waals surface area (Å²) in [5.74, 6) is 1.37. The standard InChI is InChI=1S/C14H17ClN4O/c1-19(8-6-11-5-3-4-7-16-11)14-9-12(15)17-13(18-14)10-20-2/h3-5,7,9H,6,8,10H2,1-2H3. The van der Waals surface area contributed by atoms with Gasteiger partial charge in [-0.3, -0.25) is 4.98 Å². The van der Waals surface area contributed by atoms with Crippen LogP contribution in [0.2, 0.25) is 5.15 Å². The lowest BCUT2D eigenvalue weighted by Crippen LogP contribution is -2.22. The van der Waals surface area contributed by atoms with Crippen molar-refractivity contribution in [3.63, 3.8) is 0 Å². The van der Waals surface area contributed by atoms with Gasteiger partial charge < -0.3 is 9.64 Å². The van der Waals surface area contributed by atoms with Crippen LogP contribution in [0.15, 0.2) is 30.5 Å². The summed E-state index contributed by atoms with van der Waals surface area (Å²) in [6.07, 6.45) is 2.64. The van der Waals surface area contributed by atoms with Gasteiger partial charge >= 0.3 is 0 Å². The Morgan fingerprint density at radius 2 is 2.15 bits per heavy atom. The van der Waals surface area contributed by atoms with Gasteiger partial charge in [-0.2, -0.15) is 0 Å². The zero-order valence-corrected chi connectivity index (χ0v) is 12.3. The van der Waals surface area contributed by atoms with Crippen molar-refractivity contribution in [3.8, 4) is 0 Å². The molecule has 106 valence electrons. The van der Waals surface area contributed by atoms with E-state index in [1.807, 2.05) is 30.1 Å². The number of halogens is 1. The Morgan fingerprint density at radius 1 is 1.30 bits per heavy atom. The van der Waals surface area contributed by atoms with E-state index < -0.39 is 0 Å². The Hall–Kier alpha value is -1.72. The number of ether oxygens (including phenoxy) is 1.